The number of aryl methyl sites for hydroxylation is 2. The van der Waals surface area contributed by atoms with Crippen molar-refractivity contribution in [2.75, 3.05) is 33.3 Å². The maximum atomic E-state index is 5.45. The SMILES string of the molecule is COc1cccc(C(c2ccc(C)cc2C)N2CCNCC2)c1. The highest BCUT2D eigenvalue weighted by atomic mass is 16.5. The van der Waals surface area contributed by atoms with Gasteiger partial charge in [-0.05, 0) is 42.7 Å². The van der Waals surface area contributed by atoms with Gasteiger partial charge in [0.25, 0.3) is 0 Å². The molecule has 3 heteroatoms. The zero-order valence-corrected chi connectivity index (χ0v) is 14.3. The van der Waals surface area contributed by atoms with Crippen LogP contribution >= 0.6 is 0 Å². The number of nitrogens with zero attached hydrogens (tertiary/aromatic N) is 1. The first-order valence-corrected chi connectivity index (χ1v) is 8.35. The van der Waals surface area contributed by atoms with Crippen molar-refractivity contribution in [2.24, 2.45) is 0 Å². The summed E-state index contributed by atoms with van der Waals surface area (Å²) in [4.78, 5) is 2.57. The van der Waals surface area contributed by atoms with Gasteiger partial charge in [-0.3, -0.25) is 4.90 Å². The van der Waals surface area contributed by atoms with Crippen LogP contribution in [-0.4, -0.2) is 38.2 Å². The van der Waals surface area contributed by atoms with Crippen LogP contribution in [0.5, 0.6) is 5.75 Å². The minimum atomic E-state index is 0.285. The number of methoxy groups -OCH3 is 1. The highest BCUT2D eigenvalue weighted by molar-refractivity contribution is 5.41. The van der Waals surface area contributed by atoms with E-state index < -0.39 is 0 Å². The predicted molar refractivity (Wildman–Crippen MR) is 95.2 cm³/mol. The summed E-state index contributed by atoms with van der Waals surface area (Å²) in [7, 11) is 1.73. The fraction of sp³-hybridized carbons (Fsp3) is 0.400. The van der Waals surface area contributed by atoms with Gasteiger partial charge in [0, 0.05) is 26.2 Å². The zero-order valence-electron chi connectivity index (χ0n) is 14.3. The Morgan fingerprint density at radius 2 is 1.83 bits per heavy atom. The summed E-state index contributed by atoms with van der Waals surface area (Å²) in [6.45, 7) is 8.60. The molecule has 1 N–H and O–H groups in total. The number of hydrogen-bond donors (Lipinski definition) is 1. The quantitative estimate of drug-likeness (QED) is 0.938. The van der Waals surface area contributed by atoms with Gasteiger partial charge >= 0.3 is 0 Å². The molecule has 0 saturated carbocycles. The first kappa shape index (κ1) is 16.0. The van der Waals surface area contributed by atoms with Crippen LogP contribution < -0.4 is 10.1 Å². The molecule has 1 unspecified atom stereocenters. The fourth-order valence-corrected chi connectivity index (χ4v) is 3.47. The maximum Gasteiger partial charge on any atom is 0.119 e. The Morgan fingerprint density at radius 1 is 1.04 bits per heavy atom. The molecular formula is C20H26N2O. The van der Waals surface area contributed by atoms with Crippen molar-refractivity contribution in [1.29, 1.82) is 0 Å². The smallest absolute Gasteiger partial charge is 0.119 e. The fourth-order valence-electron chi connectivity index (χ4n) is 3.47. The summed E-state index contributed by atoms with van der Waals surface area (Å²) in [6.07, 6.45) is 0. The molecule has 1 fully saturated rings. The summed E-state index contributed by atoms with van der Waals surface area (Å²) >= 11 is 0. The van der Waals surface area contributed by atoms with E-state index in [1.807, 2.05) is 6.07 Å². The van der Waals surface area contributed by atoms with E-state index in [1.165, 1.54) is 22.3 Å². The van der Waals surface area contributed by atoms with Crippen LogP contribution in [0.4, 0.5) is 0 Å². The van der Waals surface area contributed by atoms with Crippen molar-refractivity contribution in [3.63, 3.8) is 0 Å². The van der Waals surface area contributed by atoms with E-state index >= 15 is 0 Å². The second-order valence-corrected chi connectivity index (χ2v) is 6.33. The summed E-state index contributed by atoms with van der Waals surface area (Å²) in [5, 5.41) is 3.45. The number of hydrogen-bond acceptors (Lipinski definition) is 3. The molecule has 0 aliphatic carbocycles. The number of nitrogens with one attached hydrogen (secondary N) is 1. The molecular weight excluding hydrogens is 284 g/mol. The van der Waals surface area contributed by atoms with E-state index in [2.05, 4.69) is 60.5 Å². The molecule has 122 valence electrons. The van der Waals surface area contributed by atoms with Crippen molar-refractivity contribution in [1.82, 2.24) is 10.2 Å². The minimum Gasteiger partial charge on any atom is -0.497 e. The van der Waals surface area contributed by atoms with E-state index in [1.54, 1.807) is 7.11 Å². The Labute approximate surface area is 139 Å². The minimum absolute atomic E-state index is 0.285. The van der Waals surface area contributed by atoms with Crippen molar-refractivity contribution < 1.29 is 4.74 Å². The molecule has 0 amide bonds. The maximum absolute atomic E-state index is 5.45. The summed E-state index contributed by atoms with van der Waals surface area (Å²) in [5.74, 6) is 0.924. The lowest BCUT2D eigenvalue weighted by atomic mass is 9.92. The van der Waals surface area contributed by atoms with Crippen LogP contribution in [0.3, 0.4) is 0 Å². The lowest BCUT2D eigenvalue weighted by Gasteiger charge is -2.36. The Hall–Kier alpha value is -1.84. The van der Waals surface area contributed by atoms with Gasteiger partial charge in [-0.15, -0.1) is 0 Å². The first-order valence-electron chi connectivity index (χ1n) is 8.35. The highest BCUT2D eigenvalue weighted by Crippen LogP contribution is 2.33. The molecule has 1 saturated heterocycles. The standard InChI is InChI=1S/C20H26N2O/c1-15-7-8-19(16(2)13-15)20(22-11-9-21-10-12-22)17-5-4-6-18(14-17)23-3/h4-8,13-14,20-21H,9-12H2,1-3H3. The number of benzene rings is 2. The third-order valence-corrected chi connectivity index (χ3v) is 4.65. The van der Waals surface area contributed by atoms with Gasteiger partial charge in [-0.2, -0.15) is 0 Å². The average Bonchev–Trinajstić information content (AvgIpc) is 2.58. The largest absolute Gasteiger partial charge is 0.497 e. The van der Waals surface area contributed by atoms with Gasteiger partial charge < -0.3 is 10.1 Å². The van der Waals surface area contributed by atoms with Gasteiger partial charge in [0.2, 0.25) is 0 Å². The molecule has 0 spiro atoms. The monoisotopic (exact) mass is 310 g/mol. The molecule has 1 atom stereocenters. The highest BCUT2D eigenvalue weighted by Gasteiger charge is 2.25. The Balaban J connectivity index is 2.05. The van der Waals surface area contributed by atoms with E-state index in [0.29, 0.717) is 0 Å². The van der Waals surface area contributed by atoms with Crippen molar-refractivity contribution in [2.45, 2.75) is 19.9 Å². The molecule has 2 aromatic rings. The van der Waals surface area contributed by atoms with Gasteiger partial charge in [-0.25, -0.2) is 0 Å². The molecule has 0 aromatic heterocycles. The van der Waals surface area contributed by atoms with Gasteiger partial charge in [-0.1, -0.05) is 35.9 Å². The molecule has 2 aromatic carbocycles. The van der Waals surface area contributed by atoms with Crippen molar-refractivity contribution in [3.8, 4) is 5.75 Å². The Morgan fingerprint density at radius 3 is 2.52 bits per heavy atom. The average molecular weight is 310 g/mol. The predicted octanol–water partition coefficient (Wildman–Crippen LogP) is 3.31. The van der Waals surface area contributed by atoms with Crippen LogP contribution in [0.25, 0.3) is 0 Å². The van der Waals surface area contributed by atoms with Gasteiger partial charge in [0.1, 0.15) is 5.75 Å². The van der Waals surface area contributed by atoms with E-state index in [0.717, 1.165) is 31.9 Å². The van der Waals surface area contributed by atoms with Gasteiger partial charge in [0.15, 0.2) is 0 Å². The zero-order chi connectivity index (χ0) is 16.2. The van der Waals surface area contributed by atoms with Crippen LogP contribution in [-0.2, 0) is 0 Å². The molecule has 0 bridgehead atoms. The number of rotatable bonds is 4. The van der Waals surface area contributed by atoms with Crippen LogP contribution in [0.2, 0.25) is 0 Å². The van der Waals surface area contributed by atoms with E-state index in [4.69, 9.17) is 4.74 Å². The molecule has 1 aliphatic rings. The molecule has 3 nitrogen and oxygen atoms in total. The van der Waals surface area contributed by atoms with Crippen molar-refractivity contribution >= 4 is 0 Å². The van der Waals surface area contributed by atoms with Crippen LogP contribution in [0.1, 0.15) is 28.3 Å². The number of ether oxygens (including phenoxy) is 1. The third kappa shape index (κ3) is 3.57. The van der Waals surface area contributed by atoms with Crippen LogP contribution in [0.15, 0.2) is 42.5 Å². The second kappa shape index (κ2) is 7.16. The molecule has 3 rings (SSSR count). The first-order chi connectivity index (χ1) is 11.2. The molecule has 0 radical (unpaired) electrons. The lowest BCUT2D eigenvalue weighted by Crippen LogP contribution is -2.45. The normalized spacial score (nSPS) is 17.0. The Kier molecular flexibility index (Phi) is 4.99. The van der Waals surface area contributed by atoms with Crippen molar-refractivity contribution in [3.05, 3.63) is 64.7 Å². The van der Waals surface area contributed by atoms with E-state index in [-0.39, 0.29) is 6.04 Å². The van der Waals surface area contributed by atoms with Crippen LogP contribution in [0, 0.1) is 13.8 Å². The summed E-state index contributed by atoms with van der Waals surface area (Å²) < 4.78 is 5.45. The van der Waals surface area contributed by atoms with Gasteiger partial charge in [0.05, 0.1) is 13.2 Å². The molecule has 23 heavy (non-hydrogen) atoms. The van der Waals surface area contributed by atoms with E-state index in [9.17, 15) is 0 Å². The Bertz CT molecular complexity index is 662. The lowest BCUT2D eigenvalue weighted by molar-refractivity contribution is 0.197. The summed E-state index contributed by atoms with van der Waals surface area (Å²) in [6, 6.07) is 15.6. The number of piperazine rings is 1. The molecule has 1 aliphatic heterocycles. The summed E-state index contributed by atoms with van der Waals surface area (Å²) in [5.41, 5.74) is 5.37. The second-order valence-electron chi connectivity index (χ2n) is 6.33. The third-order valence-electron chi connectivity index (χ3n) is 4.65. The molecule has 1 heterocycles. The topological polar surface area (TPSA) is 24.5 Å².